The van der Waals surface area contributed by atoms with Gasteiger partial charge in [-0.25, -0.2) is 4.79 Å². The number of carbonyl (C=O) groups is 1. The van der Waals surface area contributed by atoms with Crippen LogP contribution in [0, 0.1) is 5.92 Å². The molecule has 0 unspecified atom stereocenters. The summed E-state index contributed by atoms with van der Waals surface area (Å²) in [7, 11) is 1.31. The summed E-state index contributed by atoms with van der Waals surface area (Å²) < 4.78 is 16.0. The number of carbonyl (C=O) groups excluding carboxylic acids is 1. The summed E-state index contributed by atoms with van der Waals surface area (Å²) in [4.78, 5) is 11.7. The van der Waals surface area contributed by atoms with E-state index in [1.165, 1.54) is 20.0 Å². The summed E-state index contributed by atoms with van der Waals surface area (Å²) in [5.41, 5.74) is 0.454. The lowest BCUT2D eigenvalue weighted by Gasteiger charge is -2.04. The van der Waals surface area contributed by atoms with Crippen molar-refractivity contribution in [1.82, 2.24) is 0 Å². The predicted octanol–water partition coefficient (Wildman–Crippen LogP) is 3.66. The minimum absolute atomic E-state index is 0.0752. The molecule has 1 fully saturated rings. The number of halogens is 1. The van der Waals surface area contributed by atoms with E-state index in [2.05, 4.69) is 0 Å². The van der Waals surface area contributed by atoms with Gasteiger partial charge in [-0.2, -0.15) is 0 Å². The topological polar surface area (TPSA) is 48.7 Å². The maximum absolute atomic E-state index is 11.7. The molecule has 1 heterocycles. The van der Waals surface area contributed by atoms with Crippen molar-refractivity contribution < 1.29 is 18.7 Å². The van der Waals surface area contributed by atoms with Crippen molar-refractivity contribution in [3.63, 3.8) is 0 Å². The Morgan fingerprint density at radius 3 is 2.95 bits per heavy atom. The molecule has 2 aromatic rings. The summed E-state index contributed by atoms with van der Waals surface area (Å²) in [6.45, 7) is 0.588. The van der Waals surface area contributed by atoms with E-state index < -0.39 is 5.97 Å². The highest BCUT2D eigenvalue weighted by molar-refractivity contribution is 6.35. The predicted molar refractivity (Wildman–Crippen MR) is 70.8 cm³/mol. The quantitative estimate of drug-likeness (QED) is 0.802. The number of esters is 1. The molecule has 0 aliphatic heterocycles. The first-order valence-corrected chi connectivity index (χ1v) is 6.50. The molecule has 19 heavy (non-hydrogen) atoms. The molecule has 0 bridgehead atoms. The summed E-state index contributed by atoms with van der Waals surface area (Å²) in [6.07, 6.45) is 2.34. The van der Waals surface area contributed by atoms with Crippen molar-refractivity contribution in [2.45, 2.75) is 12.8 Å². The molecule has 0 spiro atoms. The first-order valence-electron chi connectivity index (χ1n) is 6.13. The van der Waals surface area contributed by atoms with Gasteiger partial charge in [-0.15, -0.1) is 0 Å². The van der Waals surface area contributed by atoms with Crippen LogP contribution in [0.4, 0.5) is 0 Å². The monoisotopic (exact) mass is 280 g/mol. The molecular formula is C14H13ClO4. The van der Waals surface area contributed by atoms with E-state index >= 15 is 0 Å². The summed E-state index contributed by atoms with van der Waals surface area (Å²) in [5.74, 6) is 0.523. The lowest BCUT2D eigenvalue weighted by molar-refractivity contribution is 0.0561. The third-order valence-corrected chi connectivity index (χ3v) is 3.45. The zero-order chi connectivity index (χ0) is 13.4. The molecule has 1 saturated carbocycles. The molecular weight excluding hydrogens is 268 g/mol. The van der Waals surface area contributed by atoms with Gasteiger partial charge >= 0.3 is 5.97 Å². The highest BCUT2D eigenvalue weighted by Crippen LogP contribution is 2.38. The molecule has 0 radical (unpaired) electrons. The number of ether oxygens (including phenoxy) is 2. The smallest absolute Gasteiger partial charge is 0.377 e. The van der Waals surface area contributed by atoms with Crippen LogP contribution in [0.1, 0.15) is 23.4 Å². The molecule has 1 aromatic heterocycles. The Morgan fingerprint density at radius 1 is 1.47 bits per heavy atom. The van der Waals surface area contributed by atoms with Crippen molar-refractivity contribution in [1.29, 1.82) is 0 Å². The van der Waals surface area contributed by atoms with Gasteiger partial charge in [0.15, 0.2) is 11.3 Å². The maximum atomic E-state index is 11.7. The standard InChI is InChI=1S/C14H13ClO4/c1-17-14(16)13-12(18-7-8-5-6-8)9-3-2-4-10(15)11(9)19-13/h2-4,8H,5-7H2,1H3. The van der Waals surface area contributed by atoms with Crippen LogP contribution < -0.4 is 4.74 Å². The normalized spacial score (nSPS) is 14.6. The van der Waals surface area contributed by atoms with Gasteiger partial charge in [0, 0.05) is 0 Å². The number of hydrogen-bond acceptors (Lipinski definition) is 4. The van der Waals surface area contributed by atoms with Gasteiger partial charge in [0.05, 0.1) is 24.1 Å². The SMILES string of the molecule is COC(=O)c1oc2c(Cl)cccc2c1OCC1CC1. The molecule has 1 aliphatic carbocycles. The fourth-order valence-corrected chi connectivity index (χ4v) is 2.13. The third-order valence-electron chi connectivity index (χ3n) is 3.15. The van der Waals surface area contributed by atoms with Crippen molar-refractivity contribution in [2.75, 3.05) is 13.7 Å². The summed E-state index contributed by atoms with van der Waals surface area (Å²) in [5, 5.41) is 1.15. The van der Waals surface area contributed by atoms with Gasteiger partial charge < -0.3 is 13.9 Å². The lowest BCUT2D eigenvalue weighted by atomic mass is 10.2. The summed E-state index contributed by atoms with van der Waals surface area (Å²) >= 11 is 6.06. The number of hydrogen-bond donors (Lipinski definition) is 0. The van der Waals surface area contributed by atoms with Gasteiger partial charge in [0.2, 0.25) is 0 Å². The third kappa shape index (κ3) is 2.28. The molecule has 4 nitrogen and oxygen atoms in total. The van der Waals surface area contributed by atoms with Crippen molar-refractivity contribution in [2.24, 2.45) is 5.92 Å². The zero-order valence-electron chi connectivity index (χ0n) is 10.4. The Hall–Kier alpha value is -1.68. The zero-order valence-corrected chi connectivity index (χ0v) is 11.2. The second kappa shape index (κ2) is 4.78. The van der Waals surface area contributed by atoms with Crippen LogP contribution >= 0.6 is 11.6 Å². The number of methoxy groups -OCH3 is 1. The number of para-hydroxylation sites is 1. The van der Waals surface area contributed by atoms with E-state index in [1.54, 1.807) is 12.1 Å². The van der Waals surface area contributed by atoms with Gasteiger partial charge in [0.25, 0.3) is 5.76 Å². The van der Waals surface area contributed by atoms with E-state index in [0.717, 1.165) is 0 Å². The minimum Gasteiger partial charge on any atom is -0.488 e. The first kappa shape index (κ1) is 12.4. The molecule has 3 rings (SSSR count). The van der Waals surface area contributed by atoms with Gasteiger partial charge in [-0.1, -0.05) is 17.7 Å². The Labute approximate surface area is 115 Å². The van der Waals surface area contributed by atoms with Crippen LogP contribution in [-0.2, 0) is 4.74 Å². The Bertz CT molecular complexity index is 628. The molecule has 1 aliphatic rings. The number of rotatable bonds is 4. The highest BCUT2D eigenvalue weighted by atomic mass is 35.5. The Morgan fingerprint density at radius 2 is 2.26 bits per heavy atom. The maximum Gasteiger partial charge on any atom is 0.377 e. The largest absolute Gasteiger partial charge is 0.488 e. The Balaban J connectivity index is 2.07. The number of fused-ring (bicyclic) bond motifs is 1. The van der Waals surface area contributed by atoms with Crippen LogP contribution in [0.25, 0.3) is 11.0 Å². The molecule has 0 atom stereocenters. The fourth-order valence-electron chi connectivity index (χ4n) is 1.92. The van der Waals surface area contributed by atoms with Crippen molar-refractivity contribution in [3.8, 4) is 5.75 Å². The number of benzene rings is 1. The van der Waals surface area contributed by atoms with E-state index in [1.807, 2.05) is 6.07 Å². The summed E-state index contributed by atoms with van der Waals surface area (Å²) in [6, 6.07) is 5.32. The lowest BCUT2D eigenvalue weighted by Crippen LogP contribution is -2.05. The average molecular weight is 281 g/mol. The van der Waals surface area contributed by atoms with Crippen LogP contribution in [0.5, 0.6) is 5.75 Å². The Kier molecular flexibility index (Phi) is 3.11. The average Bonchev–Trinajstić information content (AvgIpc) is 3.16. The highest BCUT2D eigenvalue weighted by Gasteiger charge is 2.27. The van der Waals surface area contributed by atoms with E-state index in [0.29, 0.717) is 34.3 Å². The molecule has 100 valence electrons. The molecule has 0 amide bonds. The molecule has 0 N–H and O–H groups in total. The van der Waals surface area contributed by atoms with Crippen LogP contribution in [0.3, 0.4) is 0 Å². The van der Waals surface area contributed by atoms with Crippen molar-refractivity contribution in [3.05, 3.63) is 29.0 Å². The first-order chi connectivity index (χ1) is 9.20. The second-order valence-corrected chi connectivity index (χ2v) is 5.03. The van der Waals surface area contributed by atoms with E-state index in [9.17, 15) is 4.79 Å². The molecule has 5 heteroatoms. The molecule has 0 saturated heterocycles. The van der Waals surface area contributed by atoms with E-state index in [-0.39, 0.29) is 5.76 Å². The van der Waals surface area contributed by atoms with Crippen LogP contribution in [-0.4, -0.2) is 19.7 Å². The van der Waals surface area contributed by atoms with Gasteiger partial charge in [0.1, 0.15) is 0 Å². The van der Waals surface area contributed by atoms with Gasteiger partial charge in [-0.3, -0.25) is 0 Å². The van der Waals surface area contributed by atoms with Crippen LogP contribution in [0.15, 0.2) is 22.6 Å². The second-order valence-electron chi connectivity index (χ2n) is 4.62. The van der Waals surface area contributed by atoms with E-state index in [4.69, 9.17) is 25.5 Å². The number of furan rings is 1. The molecule has 1 aromatic carbocycles. The van der Waals surface area contributed by atoms with Crippen LogP contribution in [0.2, 0.25) is 5.02 Å². The van der Waals surface area contributed by atoms with Gasteiger partial charge in [-0.05, 0) is 30.9 Å². The minimum atomic E-state index is -0.557. The van der Waals surface area contributed by atoms with Crippen molar-refractivity contribution >= 4 is 28.5 Å². The fraction of sp³-hybridized carbons (Fsp3) is 0.357.